The van der Waals surface area contributed by atoms with E-state index in [0.717, 1.165) is 22.3 Å². The van der Waals surface area contributed by atoms with Gasteiger partial charge < -0.3 is 20.4 Å². The number of aryl methyl sites for hydroxylation is 1. The van der Waals surface area contributed by atoms with E-state index in [1.165, 1.54) is 12.1 Å². The summed E-state index contributed by atoms with van der Waals surface area (Å²) in [6, 6.07) is 6.44. The van der Waals surface area contributed by atoms with Gasteiger partial charge >= 0.3 is 0 Å². The first-order chi connectivity index (χ1) is 14.0. The van der Waals surface area contributed by atoms with Crippen molar-refractivity contribution in [3.8, 4) is 11.5 Å². The van der Waals surface area contributed by atoms with Gasteiger partial charge in [0.1, 0.15) is 17.3 Å². The fraction of sp³-hybridized carbons (Fsp3) is 0.227. The summed E-state index contributed by atoms with van der Waals surface area (Å²) < 4.78 is 0. The van der Waals surface area contributed by atoms with Crippen molar-refractivity contribution in [3.05, 3.63) is 59.3 Å². The Labute approximate surface area is 168 Å². The summed E-state index contributed by atoms with van der Waals surface area (Å²) in [5.74, 6) is 0.504. The first kappa shape index (κ1) is 18.7. The van der Waals surface area contributed by atoms with Gasteiger partial charge in [-0.3, -0.25) is 9.59 Å². The molecule has 7 nitrogen and oxygen atoms in total. The number of rotatable bonds is 3. The van der Waals surface area contributed by atoms with Crippen LogP contribution in [0.25, 0.3) is 11.6 Å². The average molecular weight is 391 g/mol. The fourth-order valence-corrected chi connectivity index (χ4v) is 3.55. The van der Waals surface area contributed by atoms with Crippen LogP contribution in [-0.4, -0.2) is 45.0 Å². The SMILES string of the molecule is O=C1CCc2cc(/C=C/C(=O)N3CC=C(c4cc(O)cc(O)c4)CC3)cnc2N1. The van der Waals surface area contributed by atoms with E-state index in [4.69, 9.17) is 0 Å². The maximum Gasteiger partial charge on any atom is 0.246 e. The monoisotopic (exact) mass is 391 g/mol. The summed E-state index contributed by atoms with van der Waals surface area (Å²) in [5.41, 5.74) is 3.54. The molecule has 0 bridgehead atoms. The Morgan fingerprint density at radius 2 is 1.90 bits per heavy atom. The molecule has 0 unspecified atom stereocenters. The molecule has 2 amide bonds. The van der Waals surface area contributed by atoms with E-state index in [0.29, 0.717) is 38.2 Å². The van der Waals surface area contributed by atoms with Gasteiger partial charge in [0.25, 0.3) is 0 Å². The van der Waals surface area contributed by atoms with Gasteiger partial charge in [0.05, 0.1) is 0 Å². The summed E-state index contributed by atoms with van der Waals surface area (Å²) in [6.45, 7) is 1.02. The first-order valence-corrected chi connectivity index (χ1v) is 9.46. The van der Waals surface area contributed by atoms with Gasteiger partial charge in [-0.1, -0.05) is 6.08 Å². The molecule has 29 heavy (non-hydrogen) atoms. The number of nitrogens with zero attached hydrogens (tertiary/aromatic N) is 2. The molecular weight excluding hydrogens is 370 g/mol. The third-order valence-electron chi connectivity index (χ3n) is 5.08. The van der Waals surface area contributed by atoms with E-state index in [1.807, 2.05) is 12.1 Å². The molecule has 2 aliphatic rings. The lowest BCUT2D eigenvalue weighted by Gasteiger charge is -2.25. The number of benzene rings is 1. The Hall–Kier alpha value is -3.61. The van der Waals surface area contributed by atoms with E-state index in [1.54, 1.807) is 29.3 Å². The molecule has 0 spiro atoms. The maximum atomic E-state index is 12.5. The fourth-order valence-electron chi connectivity index (χ4n) is 3.55. The highest BCUT2D eigenvalue weighted by atomic mass is 16.3. The van der Waals surface area contributed by atoms with Crippen molar-refractivity contribution < 1.29 is 19.8 Å². The minimum absolute atomic E-state index is 0.0144. The van der Waals surface area contributed by atoms with Crippen LogP contribution in [0.4, 0.5) is 5.82 Å². The lowest BCUT2D eigenvalue weighted by atomic mass is 9.99. The number of hydrogen-bond acceptors (Lipinski definition) is 5. The second-order valence-electron chi connectivity index (χ2n) is 7.16. The van der Waals surface area contributed by atoms with Crippen LogP contribution in [0.15, 0.2) is 42.6 Å². The van der Waals surface area contributed by atoms with Crippen molar-refractivity contribution in [2.24, 2.45) is 0 Å². The van der Waals surface area contributed by atoms with E-state index >= 15 is 0 Å². The van der Waals surface area contributed by atoms with Crippen LogP contribution in [0.2, 0.25) is 0 Å². The van der Waals surface area contributed by atoms with Crippen molar-refractivity contribution in [1.82, 2.24) is 9.88 Å². The molecule has 0 fully saturated rings. The third kappa shape index (κ3) is 4.29. The number of amides is 2. The van der Waals surface area contributed by atoms with Gasteiger partial charge in [-0.25, -0.2) is 4.98 Å². The molecule has 0 aliphatic carbocycles. The van der Waals surface area contributed by atoms with Gasteiger partial charge in [0.15, 0.2) is 0 Å². The molecule has 7 heteroatoms. The number of anilines is 1. The predicted octanol–water partition coefficient (Wildman–Crippen LogP) is 2.71. The molecule has 0 radical (unpaired) electrons. The lowest BCUT2D eigenvalue weighted by molar-refractivity contribution is -0.125. The number of aromatic hydroxyl groups is 2. The molecule has 4 rings (SSSR count). The van der Waals surface area contributed by atoms with Crippen LogP contribution < -0.4 is 5.32 Å². The molecule has 148 valence electrons. The second kappa shape index (κ2) is 7.79. The number of carbonyl (C=O) groups excluding carboxylic acids is 2. The van der Waals surface area contributed by atoms with Crippen molar-refractivity contribution in [2.75, 3.05) is 18.4 Å². The minimum atomic E-state index is -0.0925. The molecule has 1 aromatic heterocycles. The zero-order chi connectivity index (χ0) is 20.4. The molecule has 1 aromatic carbocycles. The van der Waals surface area contributed by atoms with Crippen LogP contribution in [0.3, 0.4) is 0 Å². The minimum Gasteiger partial charge on any atom is -0.508 e. The van der Waals surface area contributed by atoms with Gasteiger partial charge in [0.2, 0.25) is 11.8 Å². The van der Waals surface area contributed by atoms with E-state index in [9.17, 15) is 19.8 Å². The topological polar surface area (TPSA) is 103 Å². The molecule has 0 atom stereocenters. The summed E-state index contributed by atoms with van der Waals surface area (Å²) in [4.78, 5) is 29.9. The van der Waals surface area contributed by atoms with Crippen LogP contribution in [0.5, 0.6) is 11.5 Å². The van der Waals surface area contributed by atoms with Crippen LogP contribution >= 0.6 is 0 Å². The average Bonchev–Trinajstić information content (AvgIpc) is 2.71. The van der Waals surface area contributed by atoms with Crippen molar-refractivity contribution in [2.45, 2.75) is 19.3 Å². The van der Waals surface area contributed by atoms with Crippen LogP contribution in [0, 0.1) is 0 Å². The van der Waals surface area contributed by atoms with E-state index in [2.05, 4.69) is 10.3 Å². The van der Waals surface area contributed by atoms with Crippen LogP contribution in [-0.2, 0) is 16.0 Å². The molecule has 3 N–H and O–H groups in total. The summed E-state index contributed by atoms with van der Waals surface area (Å²) in [7, 11) is 0. The Balaban J connectivity index is 1.41. The molecule has 2 aromatic rings. The molecular formula is C22H21N3O4. The number of phenolic OH excluding ortho intramolecular Hbond substituents is 2. The Morgan fingerprint density at radius 3 is 2.62 bits per heavy atom. The third-order valence-corrected chi connectivity index (χ3v) is 5.08. The summed E-state index contributed by atoms with van der Waals surface area (Å²) in [5, 5.41) is 22.0. The molecule has 2 aliphatic heterocycles. The van der Waals surface area contributed by atoms with Gasteiger partial charge in [-0.15, -0.1) is 0 Å². The van der Waals surface area contributed by atoms with E-state index < -0.39 is 0 Å². The van der Waals surface area contributed by atoms with Crippen molar-refractivity contribution in [3.63, 3.8) is 0 Å². The highest BCUT2D eigenvalue weighted by Gasteiger charge is 2.18. The Kier molecular flexibility index (Phi) is 5.03. The number of hydrogen-bond donors (Lipinski definition) is 3. The van der Waals surface area contributed by atoms with Gasteiger partial charge in [-0.05, 0) is 59.4 Å². The zero-order valence-electron chi connectivity index (χ0n) is 15.8. The number of fused-ring (bicyclic) bond motifs is 1. The summed E-state index contributed by atoms with van der Waals surface area (Å²) >= 11 is 0. The quantitative estimate of drug-likeness (QED) is 0.698. The van der Waals surface area contributed by atoms with Crippen LogP contribution in [0.1, 0.15) is 29.5 Å². The number of pyridine rings is 1. The van der Waals surface area contributed by atoms with Crippen molar-refractivity contribution in [1.29, 1.82) is 0 Å². The second-order valence-corrected chi connectivity index (χ2v) is 7.16. The lowest BCUT2D eigenvalue weighted by Crippen LogP contribution is -2.33. The molecule has 0 saturated heterocycles. The Morgan fingerprint density at radius 1 is 1.10 bits per heavy atom. The summed E-state index contributed by atoms with van der Waals surface area (Å²) in [6.07, 6.45) is 8.57. The number of aromatic nitrogens is 1. The molecule has 3 heterocycles. The maximum absolute atomic E-state index is 12.5. The zero-order valence-corrected chi connectivity index (χ0v) is 15.8. The first-order valence-electron chi connectivity index (χ1n) is 9.46. The van der Waals surface area contributed by atoms with Gasteiger partial charge in [-0.2, -0.15) is 0 Å². The molecule has 0 saturated carbocycles. The number of nitrogens with one attached hydrogen (secondary N) is 1. The number of phenols is 2. The largest absolute Gasteiger partial charge is 0.508 e. The Bertz CT molecular complexity index is 1020. The number of carbonyl (C=O) groups is 2. The van der Waals surface area contributed by atoms with E-state index in [-0.39, 0.29) is 23.3 Å². The predicted molar refractivity (Wildman–Crippen MR) is 109 cm³/mol. The van der Waals surface area contributed by atoms with Crippen molar-refractivity contribution >= 4 is 29.3 Å². The highest BCUT2D eigenvalue weighted by molar-refractivity contribution is 5.94. The standard InChI is InChI=1S/C22H21N3O4/c26-18-10-17(11-19(27)12-18)15-5-7-25(8-6-15)21(29)4-1-14-9-16-2-3-20(28)24-22(16)23-13-14/h1,4-5,9-13,26-27H,2-3,6-8H2,(H,23,24,28)/b4-1+. The van der Waals surface area contributed by atoms with Gasteiger partial charge in [0, 0.05) is 37.8 Å². The highest BCUT2D eigenvalue weighted by Crippen LogP contribution is 2.29. The smallest absolute Gasteiger partial charge is 0.246 e. The normalized spacial score (nSPS) is 16.3.